The highest BCUT2D eigenvalue weighted by atomic mass is 79.9. The van der Waals surface area contributed by atoms with Crippen molar-refractivity contribution in [1.82, 2.24) is 9.88 Å². The lowest BCUT2D eigenvalue weighted by atomic mass is 10.1. The van der Waals surface area contributed by atoms with E-state index in [-0.39, 0.29) is 17.6 Å². The van der Waals surface area contributed by atoms with E-state index in [1.807, 2.05) is 13.8 Å². The number of carbonyl (C=O) groups excluding carboxylic acids is 1. The Morgan fingerprint density at radius 1 is 1.63 bits per heavy atom. The molecule has 0 radical (unpaired) electrons. The van der Waals surface area contributed by atoms with Gasteiger partial charge in [0.2, 0.25) is 0 Å². The van der Waals surface area contributed by atoms with Crippen molar-refractivity contribution in [2.24, 2.45) is 0 Å². The van der Waals surface area contributed by atoms with E-state index in [1.165, 1.54) is 6.20 Å². The Kier molecular flexibility index (Phi) is 4.48. The standard InChI is InChI=1S/C13H16BrClN2O2/c1-13(2)8-17(7-10(5-14)19-13)12(18)11-4-3-9(15)6-16-11/h3-4,6,10H,5,7-8H2,1-2H3. The monoisotopic (exact) mass is 346 g/mol. The molecule has 6 heteroatoms. The van der Waals surface area contributed by atoms with Gasteiger partial charge in [-0.2, -0.15) is 0 Å². The number of hydrogen-bond donors (Lipinski definition) is 0. The van der Waals surface area contributed by atoms with Crippen molar-refractivity contribution < 1.29 is 9.53 Å². The molecule has 1 aromatic rings. The van der Waals surface area contributed by atoms with Crippen LogP contribution >= 0.6 is 27.5 Å². The van der Waals surface area contributed by atoms with Gasteiger partial charge in [0.1, 0.15) is 5.69 Å². The minimum absolute atomic E-state index is 0.000000192. The van der Waals surface area contributed by atoms with Crippen LogP contribution in [0.1, 0.15) is 24.3 Å². The molecule has 2 rings (SSSR count). The molecule has 104 valence electrons. The molecule has 0 spiro atoms. The van der Waals surface area contributed by atoms with Crippen LogP contribution in [0, 0.1) is 0 Å². The highest BCUT2D eigenvalue weighted by molar-refractivity contribution is 9.09. The molecule has 0 saturated carbocycles. The summed E-state index contributed by atoms with van der Waals surface area (Å²) in [5, 5.41) is 1.23. The predicted molar refractivity (Wildman–Crippen MR) is 77.9 cm³/mol. The SMILES string of the molecule is CC1(C)CN(C(=O)c2ccc(Cl)cn2)CC(CBr)O1. The molecular formula is C13H16BrClN2O2. The van der Waals surface area contributed by atoms with Crippen molar-refractivity contribution in [1.29, 1.82) is 0 Å². The fourth-order valence-corrected chi connectivity index (χ4v) is 2.64. The summed E-state index contributed by atoms with van der Waals surface area (Å²) >= 11 is 9.19. The van der Waals surface area contributed by atoms with Crippen LogP contribution in [0.5, 0.6) is 0 Å². The van der Waals surface area contributed by atoms with Crippen molar-refractivity contribution in [3.63, 3.8) is 0 Å². The number of aromatic nitrogens is 1. The number of ether oxygens (including phenoxy) is 1. The molecule has 1 aliphatic rings. The lowest BCUT2D eigenvalue weighted by molar-refractivity contribution is -0.116. The van der Waals surface area contributed by atoms with Gasteiger partial charge in [0.15, 0.2) is 0 Å². The molecular weight excluding hydrogens is 332 g/mol. The van der Waals surface area contributed by atoms with Gasteiger partial charge in [-0.1, -0.05) is 27.5 Å². The lowest BCUT2D eigenvalue weighted by Gasteiger charge is -2.42. The molecule has 4 nitrogen and oxygen atoms in total. The summed E-state index contributed by atoms with van der Waals surface area (Å²) in [7, 11) is 0. The van der Waals surface area contributed by atoms with Crippen LogP contribution in [0.2, 0.25) is 5.02 Å². The lowest BCUT2D eigenvalue weighted by Crippen LogP contribution is -2.55. The first-order valence-corrected chi connectivity index (χ1v) is 7.56. The van der Waals surface area contributed by atoms with Crippen LogP contribution in [0.3, 0.4) is 0 Å². The highest BCUT2D eigenvalue weighted by Crippen LogP contribution is 2.23. The maximum absolute atomic E-state index is 12.4. The van der Waals surface area contributed by atoms with E-state index in [0.29, 0.717) is 29.1 Å². The molecule has 0 N–H and O–H groups in total. The molecule has 0 bridgehead atoms. The number of alkyl halides is 1. The number of morpholine rings is 1. The van der Waals surface area contributed by atoms with Gasteiger partial charge in [-0.15, -0.1) is 0 Å². The van der Waals surface area contributed by atoms with Gasteiger partial charge in [-0.05, 0) is 26.0 Å². The molecule has 0 aliphatic carbocycles. The molecule has 1 fully saturated rings. The summed E-state index contributed by atoms with van der Waals surface area (Å²) < 4.78 is 5.88. The molecule has 1 atom stereocenters. The Bertz CT molecular complexity index is 464. The number of hydrogen-bond acceptors (Lipinski definition) is 3. The molecule has 2 heterocycles. The average molecular weight is 348 g/mol. The topological polar surface area (TPSA) is 42.4 Å². The van der Waals surface area contributed by atoms with E-state index in [2.05, 4.69) is 20.9 Å². The maximum atomic E-state index is 12.4. The first-order chi connectivity index (χ1) is 8.91. The molecule has 1 amide bonds. The van der Waals surface area contributed by atoms with Gasteiger partial charge in [0.25, 0.3) is 5.91 Å². The number of nitrogens with zero attached hydrogens (tertiary/aromatic N) is 2. The zero-order chi connectivity index (χ0) is 14.0. The molecule has 1 aromatic heterocycles. The van der Waals surface area contributed by atoms with Crippen molar-refractivity contribution in [3.05, 3.63) is 29.0 Å². The second kappa shape index (κ2) is 5.77. The average Bonchev–Trinajstić information content (AvgIpc) is 2.37. The van der Waals surface area contributed by atoms with E-state index < -0.39 is 0 Å². The van der Waals surface area contributed by atoms with Crippen LogP contribution in [0.25, 0.3) is 0 Å². The number of rotatable bonds is 2. The predicted octanol–water partition coefficient (Wildman–Crippen LogP) is 2.75. The van der Waals surface area contributed by atoms with Crippen LogP contribution in [0.4, 0.5) is 0 Å². The fourth-order valence-electron chi connectivity index (χ4n) is 2.20. The Morgan fingerprint density at radius 2 is 2.37 bits per heavy atom. The quantitative estimate of drug-likeness (QED) is 0.773. The second-order valence-electron chi connectivity index (χ2n) is 5.20. The Balaban J connectivity index is 2.16. The fraction of sp³-hybridized carbons (Fsp3) is 0.538. The van der Waals surface area contributed by atoms with Crippen molar-refractivity contribution in [2.75, 3.05) is 18.4 Å². The van der Waals surface area contributed by atoms with E-state index in [9.17, 15) is 4.79 Å². The van der Waals surface area contributed by atoms with Crippen molar-refractivity contribution >= 4 is 33.4 Å². The van der Waals surface area contributed by atoms with Gasteiger partial charge < -0.3 is 9.64 Å². The molecule has 0 aromatic carbocycles. The molecule has 1 saturated heterocycles. The minimum Gasteiger partial charge on any atom is -0.368 e. The number of amides is 1. The number of carbonyl (C=O) groups is 1. The summed E-state index contributed by atoms with van der Waals surface area (Å²) in [5.74, 6) is -0.0843. The van der Waals surface area contributed by atoms with E-state index in [4.69, 9.17) is 16.3 Å². The van der Waals surface area contributed by atoms with Crippen molar-refractivity contribution in [2.45, 2.75) is 25.6 Å². The maximum Gasteiger partial charge on any atom is 0.272 e. The van der Waals surface area contributed by atoms with E-state index in [1.54, 1.807) is 17.0 Å². The first kappa shape index (κ1) is 14.8. The van der Waals surface area contributed by atoms with Crippen LogP contribution < -0.4 is 0 Å². The van der Waals surface area contributed by atoms with Crippen LogP contribution in [0.15, 0.2) is 18.3 Å². The van der Waals surface area contributed by atoms with Gasteiger partial charge >= 0.3 is 0 Å². The number of halogens is 2. The summed E-state index contributed by atoms with van der Waals surface area (Å²) in [6.07, 6.45) is 1.49. The minimum atomic E-state index is -0.348. The van der Waals surface area contributed by atoms with Crippen LogP contribution in [-0.4, -0.2) is 45.9 Å². The van der Waals surface area contributed by atoms with Crippen molar-refractivity contribution in [3.8, 4) is 0 Å². The number of pyridine rings is 1. The molecule has 19 heavy (non-hydrogen) atoms. The molecule has 1 aliphatic heterocycles. The summed E-state index contributed by atoms with van der Waals surface area (Å²) in [6, 6.07) is 3.33. The summed E-state index contributed by atoms with van der Waals surface area (Å²) in [6.45, 7) is 5.09. The van der Waals surface area contributed by atoms with Gasteiger partial charge in [0, 0.05) is 24.6 Å². The van der Waals surface area contributed by atoms with Gasteiger partial charge in [-0.25, -0.2) is 4.98 Å². The third-order valence-electron chi connectivity index (χ3n) is 2.89. The zero-order valence-corrected chi connectivity index (χ0v) is 13.2. The Hall–Kier alpha value is -0.650. The van der Waals surface area contributed by atoms with Crippen LogP contribution in [-0.2, 0) is 4.74 Å². The Morgan fingerprint density at radius 3 is 2.95 bits per heavy atom. The second-order valence-corrected chi connectivity index (χ2v) is 6.29. The van der Waals surface area contributed by atoms with Gasteiger partial charge in [0.05, 0.1) is 16.7 Å². The Labute approximate surface area is 126 Å². The summed E-state index contributed by atoms with van der Waals surface area (Å²) in [5.41, 5.74) is 0.0640. The first-order valence-electron chi connectivity index (χ1n) is 6.06. The largest absolute Gasteiger partial charge is 0.368 e. The summed E-state index contributed by atoms with van der Waals surface area (Å²) in [4.78, 5) is 18.3. The normalized spacial score (nSPS) is 22.3. The third kappa shape index (κ3) is 3.68. The molecule has 1 unspecified atom stereocenters. The zero-order valence-electron chi connectivity index (χ0n) is 10.9. The smallest absolute Gasteiger partial charge is 0.272 e. The highest BCUT2D eigenvalue weighted by Gasteiger charge is 2.35. The van der Waals surface area contributed by atoms with E-state index in [0.717, 1.165) is 0 Å². The van der Waals surface area contributed by atoms with E-state index >= 15 is 0 Å². The third-order valence-corrected chi connectivity index (χ3v) is 3.83. The van der Waals surface area contributed by atoms with Gasteiger partial charge in [-0.3, -0.25) is 4.79 Å².